The second kappa shape index (κ2) is 6.12. The Balaban J connectivity index is 1.48. The van der Waals surface area contributed by atoms with Crippen molar-refractivity contribution in [1.82, 2.24) is 4.90 Å². The maximum absolute atomic E-state index is 11.9. The Labute approximate surface area is 161 Å². The Bertz CT molecular complexity index is 701. The Hall–Kier alpha value is -0.250. The molecule has 6 fully saturated rings. The van der Waals surface area contributed by atoms with Crippen molar-refractivity contribution in [2.24, 2.45) is 23.7 Å². The van der Waals surface area contributed by atoms with Gasteiger partial charge in [-0.25, -0.2) is 18.2 Å². The summed E-state index contributed by atoms with van der Waals surface area (Å²) in [6.07, 6.45) is 3.46. The molecule has 5 heterocycles. The zero-order valence-corrected chi connectivity index (χ0v) is 17.2. The van der Waals surface area contributed by atoms with Crippen molar-refractivity contribution in [3.8, 4) is 0 Å². The van der Waals surface area contributed by atoms with Gasteiger partial charge in [-0.3, -0.25) is 4.90 Å². The van der Waals surface area contributed by atoms with Crippen molar-refractivity contribution < 1.29 is 27.7 Å². The van der Waals surface area contributed by atoms with Crippen LogP contribution in [0.25, 0.3) is 0 Å². The molecule has 27 heavy (non-hydrogen) atoms. The molecule has 1 saturated carbocycles. The van der Waals surface area contributed by atoms with Crippen molar-refractivity contribution >= 4 is 9.84 Å². The summed E-state index contributed by atoms with van der Waals surface area (Å²) < 4.78 is 36.7. The summed E-state index contributed by atoms with van der Waals surface area (Å²) in [6, 6.07) is 0. The largest absolute Gasteiger partial charge is 0.331 e. The normalized spacial score (nSPS) is 54.9. The van der Waals surface area contributed by atoms with Gasteiger partial charge in [0.1, 0.15) is 6.23 Å². The predicted octanol–water partition coefficient (Wildman–Crippen LogP) is 1.92. The topological polar surface area (TPSA) is 74.3 Å². The lowest BCUT2D eigenvalue weighted by molar-refractivity contribution is -0.574. The van der Waals surface area contributed by atoms with E-state index in [1.165, 1.54) is 6.42 Å². The van der Waals surface area contributed by atoms with Crippen LogP contribution in [0.3, 0.4) is 0 Å². The fraction of sp³-hybridized carbons (Fsp3) is 1.00. The highest BCUT2D eigenvalue weighted by molar-refractivity contribution is 7.91. The summed E-state index contributed by atoms with van der Waals surface area (Å²) in [4.78, 5) is 14.2. The summed E-state index contributed by atoms with van der Waals surface area (Å²) in [7, 11) is -2.92. The molecule has 2 bridgehead atoms. The average molecular weight is 402 g/mol. The van der Waals surface area contributed by atoms with Crippen molar-refractivity contribution in [2.75, 3.05) is 24.6 Å². The van der Waals surface area contributed by atoms with Crippen molar-refractivity contribution in [2.45, 2.75) is 70.4 Å². The highest BCUT2D eigenvalue weighted by Gasteiger charge is 2.69. The van der Waals surface area contributed by atoms with Crippen LogP contribution in [0, 0.1) is 23.7 Å². The highest BCUT2D eigenvalue weighted by atomic mass is 32.2. The van der Waals surface area contributed by atoms with E-state index in [1.807, 2.05) is 6.92 Å². The molecule has 5 aliphatic heterocycles. The molecular weight excluding hydrogens is 370 g/mol. The number of fused-ring (bicyclic) bond motifs is 2. The first-order chi connectivity index (χ1) is 12.7. The smallest absolute Gasteiger partial charge is 0.201 e. The number of nitrogens with zero attached hydrogens (tertiary/aromatic N) is 1. The molecule has 8 heteroatoms. The van der Waals surface area contributed by atoms with Crippen LogP contribution in [0.4, 0.5) is 0 Å². The van der Waals surface area contributed by atoms with Crippen LogP contribution in [-0.2, 0) is 29.1 Å². The first-order valence-electron chi connectivity index (χ1n) is 10.4. The van der Waals surface area contributed by atoms with E-state index in [9.17, 15) is 8.42 Å². The maximum atomic E-state index is 11.9. The van der Waals surface area contributed by atoms with Gasteiger partial charge in [-0.05, 0) is 38.0 Å². The van der Waals surface area contributed by atoms with Gasteiger partial charge in [-0.2, -0.15) is 0 Å². The molecule has 0 aromatic heterocycles. The molecule has 0 N–H and O–H groups in total. The second-order valence-electron chi connectivity index (χ2n) is 9.48. The van der Waals surface area contributed by atoms with Gasteiger partial charge >= 0.3 is 0 Å². The van der Waals surface area contributed by atoms with E-state index < -0.39 is 27.5 Å². The van der Waals surface area contributed by atoms with Gasteiger partial charge in [-0.1, -0.05) is 13.8 Å². The van der Waals surface area contributed by atoms with Gasteiger partial charge in [0.05, 0.1) is 11.5 Å². The van der Waals surface area contributed by atoms with E-state index in [2.05, 4.69) is 18.7 Å². The zero-order valence-electron chi connectivity index (χ0n) is 16.4. The van der Waals surface area contributed by atoms with Crippen molar-refractivity contribution in [3.63, 3.8) is 0 Å². The molecular formula is C19H31NO6S. The van der Waals surface area contributed by atoms with Crippen LogP contribution >= 0.6 is 0 Å². The summed E-state index contributed by atoms with van der Waals surface area (Å²) in [5, 5.41) is 0. The van der Waals surface area contributed by atoms with Crippen LogP contribution in [-0.4, -0.2) is 61.8 Å². The molecule has 6 rings (SSSR count). The zero-order chi connectivity index (χ0) is 19.0. The summed E-state index contributed by atoms with van der Waals surface area (Å²) in [5.74, 6) is 1.05. The molecule has 154 valence electrons. The van der Waals surface area contributed by atoms with Gasteiger partial charge in [0.25, 0.3) is 0 Å². The molecule has 2 unspecified atom stereocenters. The van der Waals surface area contributed by atoms with Gasteiger partial charge in [0, 0.05) is 31.3 Å². The molecule has 1 spiro atoms. The van der Waals surface area contributed by atoms with Gasteiger partial charge < -0.3 is 9.47 Å². The van der Waals surface area contributed by atoms with Crippen LogP contribution in [0.2, 0.25) is 0 Å². The van der Waals surface area contributed by atoms with Crippen molar-refractivity contribution in [3.05, 3.63) is 0 Å². The molecule has 0 radical (unpaired) electrons. The summed E-state index contributed by atoms with van der Waals surface area (Å²) >= 11 is 0. The Kier molecular flexibility index (Phi) is 4.25. The predicted molar refractivity (Wildman–Crippen MR) is 97.1 cm³/mol. The molecule has 6 aliphatic rings. The number of hydrogen-bond acceptors (Lipinski definition) is 7. The van der Waals surface area contributed by atoms with Crippen LogP contribution < -0.4 is 0 Å². The van der Waals surface area contributed by atoms with E-state index in [1.54, 1.807) is 0 Å². The first kappa shape index (κ1) is 18.8. The Morgan fingerprint density at radius 1 is 1.00 bits per heavy atom. The van der Waals surface area contributed by atoms with E-state index in [-0.39, 0.29) is 29.6 Å². The second-order valence-corrected chi connectivity index (χ2v) is 11.8. The SMILES string of the molecule is C[C@@H]1CCC2[C@@H](C)[C@H](N3CCS(=O)(=O)CC3)O[C@@H]3O[C@]4(C)CC[C@@H]1C23OO4. The lowest BCUT2D eigenvalue weighted by atomic mass is 9.58. The molecule has 5 saturated heterocycles. The quantitative estimate of drug-likeness (QED) is 0.622. The fourth-order valence-electron chi connectivity index (χ4n) is 6.29. The summed E-state index contributed by atoms with van der Waals surface area (Å²) in [6.45, 7) is 7.51. The van der Waals surface area contributed by atoms with Crippen molar-refractivity contribution in [1.29, 1.82) is 0 Å². The minimum absolute atomic E-state index is 0.137. The first-order valence-corrected chi connectivity index (χ1v) is 12.2. The van der Waals surface area contributed by atoms with Gasteiger partial charge in [-0.15, -0.1) is 0 Å². The standard InChI is InChI=1S/C19H31NO6S/c1-12-4-5-15-13(2)16(20-8-10-27(21,22)11-9-20)23-17-19(15)14(12)6-7-18(3,24-17)25-26-19/h12-17H,4-11H2,1-3H3/t12-,13-,14+,15?,16-,17-,18+,19?/m1/s1. The third kappa shape index (κ3) is 2.74. The number of hydrogen-bond donors (Lipinski definition) is 0. The monoisotopic (exact) mass is 401 g/mol. The van der Waals surface area contributed by atoms with Gasteiger partial charge in [0.15, 0.2) is 21.7 Å². The van der Waals surface area contributed by atoms with Crippen LogP contribution in [0.15, 0.2) is 0 Å². The lowest BCUT2D eigenvalue weighted by Gasteiger charge is -2.61. The Morgan fingerprint density at radius 3 is 2.48 bits per heavy atom. The molecule has 7 nitrogen and oxygen atoms in total. The molecule has 8 atom stereocenters. The molecule has 0 aromatic rings. The van der Waals surface area contributed by atoms with Gasteiger partial charge in [0.2, 0.25) is 5.79 Å². The van der Waals surface area contributed by atoms with E-state index in [0.717, 1.165) is 19.3 Å². The minimum Gasteiger partial charge on any atom is -0.331 e. The van der Waals surface area contributed by atoms with E-state index in [4.69, 9.17) is 19.2 Å². The Morgan fingerprint density at radius 2 is 1.74 bits per heavy atom. The number of sulfone groups is 1. The van der Waals surface area contributed by atoms with E-state index >= 15 is 0 Å². The fourth-order valence-corrected chi connectivity index (χ4v) is 7.51. The third-order valence-electron chi connectivity index (χ3n) is 7.86. The van der Waals surface area contributed by atoms with Crippen LogP contribution in [0.1, 0.15) is 46.5 Å². The molecule has 1 aliphatic carbocycles. The van der Waals surface area contributed by atoms with E-state index in [0.29, 0.717) is 24.9 Å². The lowest BCUT2D eigenvalue weighted by Crippen LogP contribution is -2.72. The summed E-state index contributed by atoms with van der Waals surface area (Å²) in [5.41, 5.74) is -0.550. The molecule has 0 amide bonds. The average Bonchev–Trinajstić information content (AvgIpc) is 2.85. The minimum atomic E-state index is -2.92. The highest BCUT2D eigenvalue weighted by Crippen LogP contribution is 2.60. The number of ether oxygens (including phenoxy) is 2. The maximum Gasteiger partial charge on any atom is 0.201 e. The van der Waals surface area contributed by atoms with Crippen LogP contribution in [0.5, 0.6) is 0 Å². The third-order valence-corrected chi connectivity index (χ3v) is 9.47. The molecule has 0 aromatic carbocycles. The number of rotatable bonds is 1.